The maximum atomic E-state index is 12.2. The van der Waals surface area contributed by atoms with E-state index in [4.69, 9.17) is 23.8 Å². The SMILES string of the molecule is COc1cc(C(=O)N(C)OC)c(OC)c2c1OCO2. The van der Waals surface area contributed by atoms with Crippen LogP contribution in [0.25, 0.3) is 0 Å². The minimum atomic E-state index is -0.379. The summed E-state index contributed by atoms with van der Waals surface area (Å²) in [6.45, 7) is 0.0554. The van der Waals surface area contributed by atoms with Gasteiger partial charge in [-0.1, -0.05) is 0 Å². The Bertz CT molecular complexity index is 501. The quantitative estimate of drug-likeness (QED) is 0.762. The van der Waals surface area contributed by atoms with Gasteiger partial charge in [0.25, 0.3) is 5.91 Å². The summed E-state index contributed by atoms with van der Waals surface area (Å²) in [5, 5.41) is 1.08. The van der Waals surface area contributed by atoms with Crippen LogP contribution in [0.1, 0.15) is 10.4 Å². The van der Waals surface area contributed by atoms with Gasteiger partial charge in [0.05, 0.1) is 26.9 Å². The average Bonchev–Trinajstić information content (AvgIpc) is 2.92. The fourth-order valence-electron chi connectivity index (χ4n) is 1.78. The van der Waals surface area contributed by atoms with Crippen molar-refractivity contribution in [2.24, 2.45) is 0 Å². The van der Waals surface area contributed by atoms with Gasteiger partial charge in [-0.2, -0.15) is 0 Å². The lowest BCUT2D eigenvalue weighted by Gasteiger charge is -2.17. The number of methoxy groups -OCH3 is 2. The summed E-state index contributed by atoms with van der Waals surface area (Å²) in [6, 6.07) is 1.53. The molecule has 1 aliphatic heterocycles. The van der Waals surface area contributed by atoms with Crippen LogP contribution in [0, 0.1) is 0 Å². The summed E-state index contributed by atoms with van der Waals surface area (Å²) >= 11 is 0. The van der Waals surface area contributed by atoms with Gasteiger partial charge < -0.3 is 18.9 Å². The lowest BCUT2D eigenvalue weighted by atomic mass is 10.1. The van der Waals surface area contributed by atoms with Crippen LogP contribution in [0.2, 0.25) is 0 Å². The number of hydrogen-bond acceptors (Lipinski definition) is 6. The minimum Gasteiger partial charge on any atom is -0.493 e. The maximum Gasteiger partial charge on any atom is 0.281 e. The Morgan fingerprint density at radius 2 is 1.89 bits per heavy atom. The number of fused-ring (bicyclic) bond motifs is 1. The van der Waals surface area contributed by atoms with E-state index in [0.29, 0.717) is 23.0 Å². The van der Waals surface area contributed by atoms with Crippen molar-refractivity contribution in [1.29, 1.82) is 0 Å². The summed E-state index contributed by atoms with van der Waals surface area (Å²) in [5.74, 6) is 1.10. The minimum absolute atomic E-state index is 0.0554. The van der Waals surface area contributed by atoms with E-state index in [9.17, 15) is 4.79 Å². The molecule has 0 bridgehead atoms. The first-order valence-electron chi connectivity index (χ1n) is 5.50. The molecule has 0 saturated carbocycles. The van der Waals surface area contributed by atoms with E-state index in [0.717, 1.165) is 5.06 Å². The van der Waals surface area contributed by atoms with Crippen molar-refractivity contribution in [2.75, 3.05) is 35.2 Å². The zero-order valence-electron chi connectivity index (χ0n) is 11.2. The molecule has 0 atom stereocenters. The Morgan fingerprint density at radius 3 is 2.47 bits per heavy atom. The van der Waals surface area contributed by atoms with E-state index >= 15 is 0 Å². The molecular formula is C12H15NO6. The van der Waals surface area contributed by atoms with Crippen molar-refractivity contribution < 1.29 is 28.6 Å². The van der Waals surface area contributed by atoms with E-state index in [1.54, 1.807) is 0 Å². The molecule has 1 aliphatic rings. The predicted molar refractivity (Wildman–Crippen MR) is 64.8 cm³/mol. The molecule has 19 heavy (non-hydrogen) atoms. The topological polar surface area (TPSA) is 66.5 Å². The van der Waals surface area contributed by atoms with Crippen molar-refractivity contribution in [1.82, 2.24) is 5.06 Å². The number of amides is 1. The van der Waals surface area contributed by atoms with Gasteiger partial charge in [0.1, 0.15) is 0 Å². The summed E-state index contributed by atoms with van der Waals surface area (Å²) in [7, 11) is 5.83. The Kier molecular flexibility index (Phi) is 3.66. The van der Waals surface area contributed by atoms with Gasteiger partial charge in [-0.15, -0.1) is 0 Å². The molecule has 7 nitrogen and oxygen atoms in total. The van der Waals surface area contributed by atoms with Crippen molar-refractivity contribution >= 4 is 5.91 Å². The molecule has 1 amide bonds. The second-order valence-corrected chi connectivity index (χ2v) is 3.71. The van der Waals surface area contributed by atoms with E-state index in [1.165, 1.54) is 34.4 Å². The summed E-state index contributed by atoms with van der Waals surface area (Å²) < 4.78 is 21.1. The molecule has 0 fully saturated rings. The van der Waals surface area contributed by atoms with Crippen molar-refractivity contribution in [3.05, 3.63) is 11.6 Å². The molecule has 0 unspecified atom stereocenters. The first-order valence-corrected chi connectivity index (χ1v) is 5.50. The normalized spacial score (nSPS) is 12.2. The number of benzene rings is 1. The number of hydroxylamine groups is 2. The Morgan fingerprint density at radius 1 is 1.21 bits per heavy atom. The van der Waals surface area contributed by atoms with Crippen LogP contribution in [0.15, 0.2) is 6.07 Å². The van der Waals surface area contributed by atoms with Crippen molar-refractivity contribution in [2.45, 2.75) is 0 Å². The van der Waals surface area contributed by atoms with Crippen LogP contribution in [-0.4, -0.2) is 46.1 Å². The highest BCUT2D eigenvalue weighted by Gasteiger charge is 2.30. The van der Waals surface area contributed by atoms with Crippen LogP contribution in [0.4, 0.5) is 0 Å². The third-order valence-corrected chi connectivity index (χ3v) is 2.78. The van der Waals surface area contributed by atoms with Gasteiger partial charge in [-0.3, -0.25) is 9.63 Å². The molecule has 0 radical (unpaired) electrons. The standard InChI is InChI=1S/C12H15NO6/c1-13(17-4)12(14)7-5-8(15-2)10-11(9(7)16-3)19-6-18-10/h5H,6H2,1-4H3. The lowest BCUT2D eigenvalue weighted by Crippen LogP contribution is -2.25. The second kappa shape index (κ2) is 5.23. The molecule has 104 valence electrons. The Balaban J connectivity index is 2.57. The van der Waals surface area contributed by atoms with Crippen LogP contribution < -0.4 is 18.9 Å². The van der Waals surface area contributed by atoms with E-state index in [-0.39, 0.29) is 18.3 Å². The zero-order valence-corrected chi connectivity index (χ0v) is 11.2. The molecular weight excluding hydrogens is 254 g/mol. The molecule has 0 aliphatic carbocycles. The zero-order chi connectivity index (χ0) is 14.0. The molecule has 1 heterocycles. The van der Waals surface area contributed by atoms with Crippen LogP contribution in [0.5, 0.6) is 23.0 Å². The highest BCUT2D eigenvalue weighted by Crippen LogP contribution is 2.49. The van der Waals surface area contributed by atoms with Gasteiger partial charge in [-0.25, -0.2) is 5.06 Å². The number of carbonyl (C=O) groups is 1. The van der Waals surface area contributed by atoms with Gasteiger partial charge >= 0.3 is 0 Å². The number of rotatable bonds is 4. The van der Waals surface area contributed by atoms with E-state index in [2.05, 4.69) is 0 Å². The maximum absolute atomic E-state index is 12.2. The van der Waals surface area contributed by atoms with E-state index < -0.39 is 0 Å². The number of nitrogens with zero attached hydrogens (tertiary/aromatic N) is 1. The smallest absolute Gasteiger partial charge is 0.281 e. The molecule has 7 heteroatoms. The molecule has 2 rings (SSSR count). The van der Waals surface area contributed by atoms with Crippen molar-refractivity contribution in [3.8, 4) is 23.0 Å². The van der Waals surface area contributed by atoms with Gasteiger partial charge in [0.2, 0.25) is 18.3 Å². The first-order chi connectivity index (χ1) is 9.13. The number of ether oxygens (including phenoxy) is 4. The predicted octanol–water partition coefficient (Wildman–Crippen LogP) is 1.07. The largest absolute Gasteiger partial charge is 0.493 e. The lowest BCUT2D eigenvalue weighted by molar-refractivity contribution is -0.0758. The highest BCUT2D eigenvalue weighted by molar-refractivity contribution is 5.98. The molecule has 1 aromatic rings. The highest BCUT2D eigenvalue weighted by atomic mass is 16.7. The molecule has 1 aromatic carbocycles. The van der Waals surface area contributed by atoms with Crippen LogP contribution in [-0.2, 0) is 4.84 Å². The molecule has 0 aromatic heterocycles. The fourth-order valence-corrected chi connectivity index (χ4v) is 1.78. The van der Waals surface area contributed by atoms with Crippen molar-refractivity contribution in [3.63, 3.8) is 0 Å². The summed E-state index contributed by atoms with van der Waals surface area (Å²) in [6.07, 6.45) is 0. The summed E-state index contributed by atoms with van der Waals surface area (Å²) in [4.78, 5) is 17.1. The van der Waals surface area contributed by atoms with Gasteiger partial charge in [0, 0.05) is 13.1 Å². The van der Waals surface area contributed by atoms with Gasteiger partial charge in [0.15, 0.2) is 11.5 Å². The van der Waals surface area contributed by atoms with Crippen LogP contribution >= 0.6 is 0 Å². The van der Waals surface area contributed by atoms with Crippen LogP contribution in [0.3, 0.4) is 0 Å². The molecule has 0 saturated heterocycles. The van der Waals surface area contributed by atoms with Gasteiger partial charge in [-0.05, 0) is 0 Å². The number of hydrogen-bond donors (Lipinski definition) is 0. The third kappa shape index (κ3) is 2.12. The average molecular weight is 269 g/mol. The monoisotopic (exact) mass is 269 g/mol. The number of carbonyl (C=O) groups excluding carboxylic acids is 1. The molecule has 0 spiro atoms. The fraction of sp³-hybridized carbons (Fsp3) is 0.417. The Labute approximate surface area is 110 Å². The van der Waals surface area contributed by atoms with E-state index in [1.807, 2.05) is 0 Å². The Hall–Kier alpha value is -2.15. The third-order valence-electron chi connectivity index (χ3n) is 2.78. The first kappa shape index (κ1) is 13.3. The second-order valence-electron chi connectivity index (χ2n) is 3.71. The molecule has 0 N–H and O–H groups in total. The summed E-state index contributed by atoms with van der Waals surface area (Å²) in [5.41, 5.74) is 0.271.